The first-order chi connectivity index (χ1) is 9.63. The summed E-state index contributed by atoms with van der Waals surface area (Å²) >= 11 is 5.73. The van der Waals surface area contributed by atoms with Crippen molar-refractivity contribution in [2.45, 2.75) is 31.4 Å². The molecular weight excluding hydrogens is 281 g/mol. The third kappa shape index (κ3) is 2.87. The Balaban J connectivity index is 1.62. The Bertz CT molecular complexity index is 523. The molecule has 108 valence electrons. The number of fused-ring (bicyclic) bond motifs is 1. The van der Waals surface area contributed by atoms with E-state index in [1.54, 1.807) is 6.07 Å². The zero-order valence-corrected chi connectivity index (χ0v) is 11.9. The van der Waals surface area contributed by atoms with Crippen LogP contribution in [0.4, 0.5) is 4.39 Å². The van der Waals surface area contributed by atoms with Gasteiger partial charge < -0.3 is 4.74 Å². The zero-order chi connectivity index (χ0) is 14.1. The molecule has 1 aromatic carbocycles. The van der Waals surface area contributed by atoms with Crippen LogP contribution in [0.5, 0.6) is 0 Å². The summed E-state index contributed by atoms with van der Waals surface area (Å²) in [4.78, 5) is 14.6. The van der Waals surface area contributed by atoms with Crippen LogP contribution in [0.25, 0.3) is 0 Å². The van der Waals surface area contributed by atoms with Crippen LogP contribution in [-0.4, -0.2) is 42.5 Å². The van der Waals surface area contributed by atoms with E-state index in [1.807, 2.05) is 0 Å². The number of hydrogen-bond donors (Lipinski definition) is 0. The highest BCUT2D eigenvalue weighted by Crippen LogP contribution is 2.24. The van der Waals surface area contributed by atoms with Crippen molar-refractivity contribution in [2.24, 2.45) is 0 Å². The van der Waals surface area contributed by atoms with Crippen LogP contribution in [0.2, 0.25) is 5.02 Å². The lowest BCUT2D eigenvalue weighted by molar-refractivity contribution is -0.137. The summed E-state index contributed by atoms with van der Waals surface area (Å²) in [5, 5.41) is 0.0551. The quantitative estimate of drug-likeness (QED) is 0.858. The minimum atomic E-state index is -0.461. The number of carbonyl (C=O) groups is 1. The molecule has 2 saturated heterocycles. The zero-order valence-electron chi connectivity index (χ0n) is 11.1. The minimum Gasteiger partial charge on any atom is -0.367 e. The SMILES string of the molecule is O=C(Cc1ccc(F)c(Cl)c1)C1CN2CCCC2CO1. The number of nitrogens with zero attached hydrogens (tertiary/aromatic N) is 1. The van der Waals surface area contributed by atoms with Crippen molar-refractivity contribution < 1.29 is 13.9 Å². The number of hydrogen-bond acceptors (Lipinski definition) is 3. The minimum absolute atomic E-state index is 0.0398. The molecule has 20 heavy (non-hydrogen) atoms. The number of morpholine rings is 1. The molecule has 5 heteroatoms. The Kier molecular flexibility index (Phi) is 4.06. The first kappa shape index (κ1) is 14.0. The molecule has 2 heterocycles. The lowest BCUT2D eigenvalue weighted by Crippen LogP contribution is -2.49. The van der Waals surface area contributed by atoms with E-state index < -0.39 is 5.82 Å². The van der Waals surface area contributed by atoms with Crippen LogP contribution in [-0.2, 0) is 16.0 Å². The molecule has 0 spiro atoms. The summed E-state index contributed by atoms with van der Waals surface area (Å²) in [7, 11) is 0. The van der Waals surface area contributed by atoms with Gasteiger partial charge in [-0.15, -0.1) is 0 Å². The van der Waals surface area contributed by atoms with Gasteiger partial charge in [-0.1, -0.05) is 17.7 Å². The standard InChI is InChI=1S/C15H17ClFNO2/c16-12-6-10(3-4-13(12)17)7-14(19)15-8-18-5-1-2-11(18)9-20-15/h3-4,6,11,15H,1-2,5,7-9H2. The summed E-state index contributed by atoms with van der Waals surface area (Å²) in [6, 6.07) is 4.89. The highest BCUT2D eigenvalue weighted by Gasteiger charge is 2.35. The first-order valence-electron chi connectivity index (χ1n) is 6.96. The van der Waals surface area contributed by atoms with Gasteiger partial charge >= 0.3 is 0 Å². The highest BCUT2D eigenvalue weighted by molar-refractivity contribution is 6.30. The summed E-state index contributed by atoms with van der Waals surface area (Å²) in [5.41, 5.74) is 0.730. The second kappa shape index (κ2) is 5.80. The van der Waals surface area contributed by atoms with Crippen molar-refractivity contribution in [3.05, 3.63) is 34.6 Å². The van der Waals surface area contributed by atoms with Gasteiger partial charge in [0.25, 0.3) is 0 Å². The monoisotopic (exact) mass is 297 g/mol. The number of benzene rings is 1. The molecule has 0 radical (unpaired) electrons. The number of Topliss-reactive ketones (excluding diaryl/α,β-unsaturated/α-hetero) is 1. The Morgan fingerprint density at radius 1 is 1.50 bits per heavy atom. The third-order valence-electron chi connectivity index (χ3n) is 4.11. The van der Waals surface area contributed by atoms with Gasteiger partial charge in [-0.2, -0.15) is 0 Å². The summed E-state index contributed by atoms with van der Waals surface area (Å²) in [6.07, 6.45) is 2.22. The van der Waals surface area contributed by atoms with Gasteiger partial charge in [0.2, 0.25) is 0 Å². The number of halogens is 2. The van der Waals surface area contributed by atoms with Gasteiger partial charge in [0.15, 0.2) is 5.78 Å². The number of rotatable bonds is 3. The predicted molar refractivity (Wildman–Crippen MR) is 74.5 cm³/mol. The Hall–Kier alpha value is -0.970. The van der Waals surface area contributed by atoms with E-state index in [1.165, 1.54) is 18.6 Å². The lowest BCUT2D eigenvalue weighted by atomic mass is 10.0. The van der Waals surface area contributed by atoms with Crippen LogP contribution in [0.1, 0.15) is 18.4 Å². The van der Waals surface area contributed by atoms with Gasteiger partial charge in [-0.05, 0) is 37.1 Å². The van der Waals surface area contributed by atoms with Crippen LogP contribution in [0.15, 0.2) is 18.2 Å². The number of ether oxygens (including phenoxy) is 1. The summed E-state index contributed by atoms with van der Waals surface area (Å²) in [6.45, 7) is 2.37. The van der Waals surface area contributed by atoms with E-state index >= 15 is 0 Å². The molecule has 0 saturated carbocycles. The van der Waals surface area contributed by atoms with Gasteiger partial charge in [-0.25, -0.2) is 4.39 Å². The lowest BCUT2D eigenvalue weighted by Gasteiger charge is -2.34. The van der Waals surface area contributed by atoms with Crippen molar-refractivity contribution in [1.82, 2.24) is 4.90 Å². The average molecular weight is 298 g/mol. The molecular formula is C15H17ClFNO2. The molecule has 2 fully saturated rings. The molecule has 2 aliphatic rings. The van der Waals surface area contributed by atoms with Gasteiger partial charge in [0.1, 0.15) is 11.9 Å². The van der Waals surface area contributed by atoms with Gasteiger partial charge in [0.05, 0.1) is 11.6 Å². The number of ketones is 1. The van der Waals surface area contributed by atoms with Gasteiger partial charge in [0, 0.05) is 19.0 Å². The fourth-order valence-corrected chi connectivity index (χ4v) is 3.18. The highest BCUT2D eigenvalue weighted by atomic mass is 35.5. The molecule has 3 nitrogen and oxygen atoms in total. The fourth-order valence-electron chi connectivity index (χ4n) is 2.98. The molecule has 0 bridgehead atoms. The smallest absolute Gasteiger partial charge is 0.167 e. The second-order valence-electron chi connectivity index (χ2n) is 5.50. The van der Waals surface area contributed by atoms with Crippen LogP contribution in [0.3, 0.4) is 0 Å². The first-order valence-corrected chi connectivity index (χ1v) is 7.33. The van der Waals surface area contributed by atoms with E-state index in [9.17, 15) is 9.18 Å². The van der Waals surface area contributed by atoms with Crippen LogP contribution in [0, 0.1) is 5.82 Å². The maximum Gasteiger partial charge on any atom is 0.167 e. The van der Waals surface area contributed by atoms with E-state index in [2.05, 4.69) is 4.90 Å². The van der Waals surface area contributed by atoms with E-state index in [-0.39, 0.29) is 23.3 Å². The van der Waals surface area contributed by atoms with Gasteiger partial charge in [-0.3, -0.25) is 9.69 Å². The van der Waals surface area contributed by atoms with Crippen molar-refractivity contribution in [3.63, 3.8) is 0 Å². The topological polar surface area (TPSA) is 29.5 Å². The van der Waals surface area contributed by atoms with E-state index in [0.717, 1.165) is 18.5 Å². The van der Waals surface area contributed by atoms with Crippen molar-refractivity contribution >= 4 is 17.4 Å². The number of carbonyl (C=O) groups excluding carboxylic acids is 1. The molecule has 0 amide bonds. The second-order valence-corrected chi connectivity index (χ2v) is 5.91. The van der Waals surface area contributed by atoms with Crippen molar-refractivity contribution in [2.75, 3.05) is 19.7 Å². The van der Waals surface area contributed by atoms with Crippen LogP contribution < -0.4 is 0 Å². The molecule has 2 aliphatic heterocycles. The van der Waals surface area contributed by atoms with E-state index in [0.29, 0.717) is 19.2 Å². The maximum absolute atomic E-state index is 13.1. The molecule has 0 N–H and O–H groups in total. The summed E-state index contributed by atoms with van der Waals surface area (Å²) < 4.78 is 18.8. The largest absolute Gasteiger partial charge is 0.367 e. The molecule has 1 aromatic rings. The molecule has 0 aliphatic carbocycles. The fraction of sp³-hybridized carbons (Fsp3) is 0.533. The average Bonchev–Trinajstić information content (AvgIpc) is 2.90. The molecule has 2 unspecified atom stereocenters. The Labute approximate surface area is 122 Å². The predicted octanol–water partition coefficient (Wildman–Crippen LogP) is 2.45. The Morgan fingerprint density at radius 3 is 3.15 bits per heavy atom. The molecule has 2 atom stereocenters. The van der Waals surface area contributed by atoms with Crippen molar-refractivity contribution in [1.29, 1.82) is 0 Å². The van der Waals surface area contributed by atoms with Crippen LogP contribution >= 0.6 is 11.6 Å². The normalized spacial score (nSPS) is 26.5. The molecule has 0 aromatic heterocycles. The maximum atomic E-state index is 13.1. The summed E-state index contributed by atoms with van der Waals surface area (Å²) in [5.74, 6) is -0.422. The third-order valence-corrected chi connectivity index (χ3v) is 4.40. The Morgan fingerprint density at radius 2 is 2.35 bits per heavy atom. The van der Waals surface area contributed by atoms with E-state index in [4.69, 9.17) is 16.3 Å². The van der Waals surface area contributed by atoms with Crippen molar-refractivity contribution in [3.8, 4) is 0 Å². The molecule has 3 rings (SSSR count).